The Morgan fingerprint density at radius 3 is 2.42 bits per heavy atom. The van der Waals surface area contributed by atoms with Gasteiger partial charge < -0.3 is 20.1 Å². The molecular formula is C25H21FN2O4S. The highest BCUT2D eigenvalue weighted by Gasteiger charge is 2.21. The molecule has 0 radical (unpaired) electrons. The molecule has 0 aliphatic heterocycles. The van der Waals surface area contributed by atoms with Gasteiger partial charge in [0, 0.05) is 34.1 Å². The highest BCUT2D eigenvalue weighted by molar-refractivity contribution is 7.21. The van der Waals surface area contributed by atoms with Crippen LogP contribution in [-0.2, 0) is 16.1 Å². The largest absolute Gasteiger partial charge is 0.489 e. The second-order valence-corrected chi connectivity index (χ2v) is 8.19. The van der Waals surface area contributed by atoms with E-state index in [4.69, 9.17) is 9.47 Å². The molecule has 0 saturated carbocycles. The van der Waals surface area contributed by atoms with Gasteiger partial charge >= 0.3 is 0 Å². The van der Waals surface area contributed by atoms with Gasteiger partial charge in [-0.2, -0.15) is 0 Å². The zero-order chi connectivity index (χ0) is 23.2. The Bertz CT molecular complexity index is 1290. The lowest BCUT2D eigenvalue weighted by molar-refractivity contribution is -0.119. The Kier molecular flexibility index (Phi) is 6.97. The van der Waals surface area contributed by atoms with Crippen LogP contribution in [-0.4, -0.2) is 25.5 Å². The number of ether oxygens (including phenoxy) is 2. The van der Waals surface area contributed by atoms with Gasteiger partial charge in [-0.05, 0) is 42.5 Å². The first-order valence-corrected chi connectivity index (χ1v) is 10.9. The van der Waals surface area contributed by atoms with Gasteiger partial charge in [0.05, 0.1) is 0 Å². The molecule has 1 aromatic heterocycles. The highest BCUT2D eigenvalue weighted by Crippen LogP contribution is 2.34. The number of amides is 2. The highest BCUT2D eigenvalue weighted by atomic mass is 32.1. The average molecular weight is 465 g/mol. The van der Waals surface area contributed by atoms with Crippen molar-refractivity contribution < 1.29 is 23.5 Å². The lowest BCUT2D eigenvalue weighted by atomic mass is 10.1. The molecule has 0 atom stereocenters. The monoisotopic (exact) mass is 464 g/mol. The number of benzene rings is 3. The number of hydrogen-bond acceptors (Lipinski definition) is 5. The summed E-state index contributed by atoms with van der Waals surface area (Å²) < 4.78 is 26.0. The predicted octanol–water partition coefficient (Wildman–Crippen LogP) is 5.46. The van der Waals surface area contributed by atoms with E-state index in [0.29, 0.717) is 37.7 Å². The minimum Gasteiger partial charge on any atom is -0.489 e. The Hall–Kier alpha value is -3.75. The van der Waals surface area contributed by atoms with Gasteiger partial charge in [0.15, 0.2) is 0 Å². The van der Waals surface area contributed by atoms with E-state index >= 15 is 0 Å². The number of methoxy groups -OCH3 is 1. The molecule has 2 N–H and O–H groups in total. The zero-order valence-electron chi connectivity index (χ0n) is 17.8. The third-order valence-electron chi connectivity index (χ3n) is 4.78. The summed E-state index contributed by atoms with van der Waals surface area (Å²) in [7, 11) is 1.43. The van der Waals surface area contributed by atoms with E-state index in [0.717, 1.165) is 0 Å². The van der Waals surface area contributed by atoms with E-state index in [1.807, 2.05) is 18.2 Å². The van der Waals surface area contributed by atoms with Crippen LogP contribution < -0.4 is 15.4 Å². The van der Waals surface area contributed by atoms with Crippen molar-refractivity contribution in [3.8, 4) is 5.75 Å². The summed E-state index contributed by atoms with van der Waals surface area (Å²) in [6.45, 7) is -0.0322. The fraction of sp³-hybridized carbons (Fsp3) is 0.120. The minimum atomic E-state index is -0.405. The zero-order valence-corrected chi connectivity index (χ0v) is 18.6. The van der Waals surface area contributed by atoms with E-state index in [-0.39, 0.29) is 25.0 Å². The number of nitrogens with one attached hydrogen (secondary N) is 2. The molecular weight excluding hydrogens is 443 g/mol. The second kappa shape index (κ2) is 10.2. The normalized spacial score (nSPS) is 10.7. The van der Waals surface area contributed by atoms with E-state index in [2.05, 4.69) is 10.6 Å². The quantitative estimate of drug-likeness (QED) is 0.363. The minimum absolute atomic E-state index is 0.0425. The van der Waals surface area contributed by atoms with E-state index in [1.54, 1.807) is 48.5 Å². The van der Waals surface area contributed by atoms with Crippen LogP contribution in [0.2, 0.25) is 0 Å². The fourth-order valence-corrected chi connectivity index (χ4v) is 4.47. The summed E-state index contributed by atoms with van der Waals surface area (Å²) in [6, 6.07) is 20.7. The van der Waals surface area contributed by atoms with Gasteiger partial charge in [0.2, 0.25) is 5.91 Å². The maximum absolute atomic E-state index is 14.7. The van der Waals surface area contributed by atoms with Crippen LogP contribution >= 0.6 is 11.3 Å². The van der Waals surface area contributed by atoms with Gasteiger partial charge in [-0.15, -0.1) is 11.3 Å². The first-order valence-electron chi connectivity index (χ1n) is 10.1. The second-order valence-electron chi connectivity index (χ2n) is 7.14. The van der Waals surface area contributed by atoms with Crippen molar-refractivity contribution in [1.29, 1.82) is 0 Å². The average Bonchev–Trinajstić information content (AvgIpc) is 3.19. The van der Waals surface area contributed by atoms with Gasteiger partial charge in [0.25, 0.3) is 5.91 Å². The maximum Gasteiger partial charge on any atom is 0.266 e. The number of halogens is 1. The molecule has 3 aromatic carbocycles. The molecule has 1 heterocycles. The number of fused-ring (bicyclic) bond motifs is 1. The van der Waals surface area contributed by atoms with E-state index in [9.17, 15) is 14.0 Å². The van der Waals surface area contributed by atoms with Crippen LogP contribution in [0.1, 0.15) is 15.2 Å². The van der Waals surface area contributed by atoms with Gasteiger partial charge in [0.1, 0.15) is 29.7 Å². The molecule has 168 valence electrons. The number of thiophene rings is 1. The van der Waals surface area contributed by atoms with Crippen LogP contribution in [0.4, 0.5) is 15.8 Å². The summed E-state index contributed by atoms with van der Waals surface area (Å²) >= 11 is 1.20. The van der Waals surface area contributed by atoms with Crippen molar-refractivity contribution in [1.82, 2.24) is 0 Å². The van der Waals surface area contributed by atoms with Crippen molar-refractivity contribution in [3.63, 3.8) is 0 Å². The maximum atomic E-state index is 14.7. The SMILES string of the molecule is COCC(=O)Nc1cccc(NC(=O)c2sc3cccc(F)c3c2COc2ccccc2)c1. The topological polar surface area (TPSA) is 76.7 Å². The Balaban J connectivity index is 1.60. The molecule has 33 heavy (non-hydrogen) atoms. The standard InChI is InChI=1S/C25H21FN2O4S/c1-31-15-22(29)27-16-7-5-8-17(13-16)28-25(30)24-19(14-32-18-9-3-2-4-10-18)23-20(26)11-6-12-21(23)33-24/h2-13H,14-15H2,1H3,(H,27,29)(H,28,30). The number of rotatable bonds is 8. The van der Waals surface area contributed by atoms with Crippen molar-refractivity contribution in [2.75, 3.05) is 24.4 Å². The molecule has 0 bridgehead atoms. The number of carbonyl (C=O) groups excluding carboxylic acids is 2. The number of carbonyl (C=O) groups is 2. The summed E-state index contributed by atoms with van der Waals surface area (Å²) in [5.74, 6) is -0.472. The van der Waals surface area contributed by atoms with Crippen LogP contribution in [0, 0.1) is 5.82 Å². The molecule has 4 rings (SSSR count). The molecule has 0 fully saturated rings. The lowest BCUT2D eigenvalue weighted by Gasteiger charge is -2.10. The molecule has 0 aliphatic rings. The van der Waals surface area contributed by atoms with Crippen LogP contribution in [0.25, 0.3) is 10.1 Å². The summed E-state index contributed by atoms with van der Waals surface area (Å²) in [5.41, 5.74) is 1.49. The molecule has 6 nitrogen and oxygen atoms in total. The number of hydrogen-bond donors (Lipinski definition) is 2. The third-order valence-corrected chi connectivity index (χ3v) is 5.97. The Morgan fingerprint density at radius 1 is 0.939 bits per heavy atom. The van der Waals surface area contributed by atoms with Crippen molar-refractivity contribution in [2.24, 2.45) is 0 Å². The fourth-order valence-electron chi connectivity index (χ4n) is 3.35. The number of anilines is 2. The smallest absolute Gasteiger partial charge is 0.266 e. The summed E-state index contributed by atoms with van der Waals surface area (Å²) in [4.78, 5) is 25.3. The van der Waals surface area contributed by atoms with Crippen molar-refractivity contribution in [3.05, 3.63) is 89.1 Å². The lowest BCUT2D eigenvalue weighted by Crippen LogP contribution is -2.17. The molecule has 4 aromatic rings. The third kappa shape index (κ3) is 5.36. The summed E-state index contributed by atoms with van der Waals surface area (Å²) in [5, 5.41) is 5.91. The molecule has 0 aliphatic carbocycles. The molecule has 2 amide bonds. The predicted molar refractivity (Wildman–Crippen MR) is 127 cm³/mol. The van der Waals surface area contributed by atoms with Gasteiger partial charge in [-0.1, -0.05) is 30.3 Å². The molecule has 0 spiro atoms. The molecule has 8 heteroatoms. The van der Waals surface area contributed by atoms with Gasteiger partial charge in [-0.3, -0.25) is 9.59 Å². The van der Waals surface area contributed by atoms with Crippen LogP contribution in [0.5, 0.6) is 5.75 Å². The molecule has 0 saturated heterocycles. The first kappa shape index (κ1) is 22.4. The summed E-state index contributed by atoms with van der Waals surface area (Å²) in [6.07, 6.45) is 0. The van der Waals surface area contributed by atoms with E-state index < -0.39 is 5.82 Å². The van der Waals surface area contributed by atoms with Crippen molar-refractivity contribution in [2.45, 2.75) is 6.61 Å². The van der Waals surface area contributed by atoms with E-state index in [1.165, 1.54) is 24.5 Å². The van der Waals surface area contributed by atoms with Crippen LogP contribution in [0.15, 0.2) is 72.8 Å². The van der Waals surface area contributed by atoms with Crippen molar-refractivity contribution >= 4 is 44.6 Å². The van der Waals surface area contributed by atoms with Gasteiger partial charge in [-0.25, -0.2) is 4.39 Å². The molecule has 0 unspecified atom stereocenters. The Morgan fingerprint density at radius 2 is 1.67 bits per heavy atom. The first-order chi connectivity index (χ1) is 16.0. The number of para-hydroxylation sites is 1. The Labute approximate surface area is 194 Å². The van der Waals surface area contributed by atoms with Crippen LogP contribution in [0.3, 0.4) is 0 Å².